The summed E-state index contributed by atoms with van der Waals surface area (Å²) in [4.78, 5) is 24.3. The molecule has 1 rings (SSSR count). The minimum absolute atomic E-state index is 0.238. The minimum atomic E-state index is -1.07. The molecule has 116 valence electrons. The molecule has 21 heavy (non-hydrogen) atoms. The van der Waals surface area contributed by atoms with Gasteiger partial charge < -0.3 is 10.6 Å². The number of hydrogen-bond donors (Lipinski definition) is 2. The molecule has 4 nitrogen and oxygen atoms in total. The lowest BCUT2D eigenvalue weighted by Crippen LogP contribution is -2.48. The summed E-state index contributed by atoms with van der Waals surface area (Å²) in [7, 11) is 0. The average molecular weight is 290 g/mol. The zero-order valence-corrected chi connectivity index (χ0v) is 13.6. The fraction of sp³-hybridized carbons (Fsp3) is 0.529. The van der Waals surface area contributed by atoms with Crippen molar-refractivity contribution < 1.29 is 9.59 Å². The van der Waals surface area contributed by atoms with Crippen LogP contribution in [0.1, 0.15) is 38.8 Å². The predicted octanol–water partition coefficient (Wildman–Crippen LogP) is 2.41. The first-order valence-corrected chi connectivity index (χ1v) is 7.35. The molecule has 0 aliphatic heterocycles. The normalized spacial score (nSPS) is 11.3. The SMILES string of the molecule is Cc1ccc(CNC(=O)C(C)(C)C(=O)NCC(C)C)cc1. The van der Waals surface area contributed by atoms with Crippen molar-refractivity contribution in [2.24, 2.45) is 11.3 Å². The Bertz CT molecular complexity index is 490. The van der Waals surface area contributed by atoms with E-state index in [1.807, 2.05) is 45.0 Å². The number of nitrogens with one attached hydrogen (secondary N) is 2. The lowest BCUT2D eigenvalue weighted by Gasteiger charge is -2.23. The van der Waals surface area contributed by atoms with Crippen molar-refractivity contribution in [3.63, 3.8) is 0 Å². The summed E-state index contributed by atoms with van der Waals surface area (Å²) < 4.78 is 0. The van der Waals surface area contributed by atoms with Crippen LogP contribution in [0.3, 0.4) is 0 Å². The largest absolute Gasteiger partial charge is 0.355 e. The summed E-state index contributed by atoms with van der Waals surface area (Å²) in [5.74, 6) is -0.137. The maximum Gasteiger partial charge on any atom is 0.235 e. The molecule has 0 aliphatic carbocycles. The van der Waals surface area contributed by atoms with Crippen LogP contribution in [-0.2, 0) is 16.1 Å². The third kappa shape index (κ3) is 5.21. The molecular weight excluding hydrogens is 264 g/mol. The van der Waals surface area contributed by atoms with Crippen molar-refractivity contribution in [1.29, 1.82) is 0 Å². The van der Waals surface area contributed by atoms with E-state index in [1.165, 1.54) is 5.56 Å². The van der Waals surface area contributed by atoms with Crippen molar-refractivity contribution in [2.45, 2.75) is 41.2 Å². The highest BCUT2D eigenvalue weighted by Crippen LogP contribution is 2.16. The third-order valence-electron chi connectivity index (χ3n) is 3.38. The van der Waals surface area contributed by atoms with Gasteiger partial charge in [0, 0.05) is 13.1 Å². The summed E-state index contributed by atoms with van der Waals surface area (Å²) in [5, 5.41) is 5.64. The van der Waals surface area contributed by atoms with Gasteiger partial charge >= 0.3 is 0 Å². The Morgan fingerprint density at radius 2 is 1.57 bits per heavy atom. The first-order chi connectivity index (χ1) is 9.73. The van der Waals surface area contributed by atoms with Crippen LogP contribution in [0.25, 0.3) is 0 Å². The Balaban J connectivity index is 2.56. The zero-order chi connectivity index (χ0) is 16.0. The molecule has 0 aliphatic rings. The van der Waals surface area contributed by atoms with Gasteiger partial charge in [0.1, 0.15) is 5.41 Å². The van der Waals surface area contributed by atoms with Crippen molar-refractivity contribution >= 4 is 11.8 Å². The van der Waals surface area contributed by atoms with Crippen molar-refractivity contribution in [3.8, 4) is 0 Å². The molecule has 0 unspecified atom stereocenters. The van der Waals surface area contributed by atoms with Crippen LogP contribution in [0, 0.1) is 18.3 Å². The van der Waals surface area contributed by atoms with Crippen LogP contribution >= 0.6 is 0 Å². The molecular formula is C17H26N2O2. The molecule has 0 spiro atoms. The van der Waals surface area contributed by atoms with Crippen molar-refractivity contribution in [3.05, 3.63) is 35.4 Å². The van der Waals surface area contributed by atoms with Crippen LogP contribution in [0.4, 0.5) is 0 Å². The maximum absolute atomic E-state index is 12.2. The summed E-state index contributed by atoms with van der Waals surface area (Å²) in [6.45, 7) is 10.4. The van der Waals surface area contributed by atoms with Gasteiger partial charge in [0.15, 0.2) is 0 Å². The molecule has 0 saturated carbocycles. The second-order valence-corrected chi connectivity index (χ2v) is 6.40. The second-order valence-electron chi connectivity index (χ2n) is 6.40. The number of amides is 2. The highest BCUT2D eigenvalue weighted by molar-refractivity contribution is 6.04. The van der Waals surface area contributed by atoms with Crippen LogP contribution in [0.5, 0.6) is 0 Å². The summed E-state index contributed by atoms with van der Waals surface area (Å²) in [5.41, 5.74) is 1.13. The van der Waals surface area contributed by atoms with E-state index in [1.54, 1.807) is 13.8 Å². The number of rotatable bonds is 6. The minimum Gasteiger partial charge on any atom is -0.355 e. The molecule has 0 fully saturated rings. The standard InChI is InChI=1S/C17H26N2O2/c1-12(2)10-18-15(20)17(4,5)16(21)19-11-14-8-6-13(3)7-9-14/h6-9,12H,10-11H2,1-5H3,(H,18,20)(H,19,21). The van der Waals surface area contributed by atoms with Crippen molar-refractivity contribution in [2.75, 3.05) is 6.54 Å². The van der Waals surface area contributed by atoms with Gasteiger partial charge in [-0.1, -0.05) is 43.7 Å². The lowest BCUT2D eigenvalue weighted by atomic mass is 9.90. The van der Waals surface area contributed by atoms with Gasteiger partial charge in [-0.25, -0.2) is 0 Å². The summed E-state index contributed by atoms with van der Waals surface area (Å²) >= 11 is 0. The van der Waals surface area contributed by atoms with E-state index >= 15 is 0 Å². The second kappa shape index (κ2) is 7.25. The van der Waals surface area contributed by atoms with E-state index in [2.05, 4.69) is 10.6 Å². The van der Waals surface area contributed by atoms with Crippen LogP contribution in [0.2, 0.25) is 0 Å². The Hall–Kier alpha value is -1.84. The van der Waals surface area contributed by atoms with E-state index in [-0.39, 0.29) is 11.8 Å². The van der Waals surface area contributed by atoms with Gasteiger partial charge in [-0.3, -0.25) is 9.59 Å². The average Bonchev–Trinajstić information content (AvgIpc) is 2.43. The van der Waals surface area contributed by atoms with Gasteiger partial charge in [0.2, 0.25) is 11.8 Å². The molecule has 0 radical (unpaired) electrons. The Labute approximate surface area is 127 Å². The highest BCUT2D eigenvalue weighted by Gasteiger charge is 2.35. The van der Waals surface area contributed by atoms with E-state index in [9.17, 15) is 9.59 Å². The molecule has 2 N–H and O–H groups in total. The number of benzene rings is 1. The van der Waals surface area contributed by atoms with E-state index in [0.717, 1.165) is 5.56 Å². The van der Waals surface area contributed by atoms with Gasteiger partial charge in [0.25, 0.3) is 0 Å². The van der Waals surface area contributed by atoms with Gasteiger partial charge in [-0.15, -0.1) is 0 Å². The predicted molar refractivity (Wildman–Crippen MR) is 84.7 cm³/mol. The highest BCUT2D eigenvalue weighted by atomic mass is 16.2. The maximum atomic E-state index is 12.2. The molecule has 0 atom stereocenters. The van der Waals surface area contributed by atoms with E-state index in [4.69, 9.17) is 0 Å². The molecule has 0 saturated heterocycles. The molecule has 1 aromatic rings. The zero-order valence-electron chi connectivity index (χ0n) is 13.6. The van der Waals surface area contributed by atoms with Crippen molar-refractivity contribution in [1.82, 2.24) is 10.6 Å². The number of hydrogen-bond acceptors (Lipinski definition) is 2. The lowest BCUT2D eigenvalue weighted by molar-refractivity contribution is -0.141. The number of aryl methyl sites for hydroxylation is 1. The molecule has 2 amide bonds. The molecule has 0 aromatic heterocycles. The van der Waals surface area contributed by atoms with Gasteiger partial charge in [0.05, 0.1) is 0 Å². The van der Waals surface area contributed by atoms with Gasteiger partial charge in [-0.05, 0) is 32.3 Å². The smallest absolute Gasteiger partial charge is 0.235 e. The van der Waals surface area contributed by atoms with E-state index < -0.39 is 5.41 Å². The van der Waals surface area contributed by atoms with E-state index in [0.29, 0.717) is 19.0 Å². The first-order valence-electron chi connectivity index (χ1n) is 7.35. The monoisotopic (exact) mass is 290 g/mol. The molecule has 4 heteroatoms. The van der Waals surface area contributed by atoms with Crippen LogP contribution < -0.4 is 10.6 Å². The fourth-order valence-electron chi connectivity index (χ4n) is 1.73. The molecule has 0 bridgehead atoms. The summed E-state index contributed by atoms with van der Waals surface area (Å²) in [6, 6.07) is 7.95. The summed E-state index contributed by atoms with van der Waals surface area (Å²) in [6.07, 6.45) is 0. The Morgan fingerprint density at radius 1 is 1.05 bits per heavy atom. The fourth-order valence-corrected chi connectivity index (χ4v) is 1.73. The quantitative estimate of drug-likeness (QED) is 0.790. The van der Waals surface area contributed by atoms with Gasteiger partial charge in [-0.2, -0.15) is 0 Å². The number of carbonyl (C=O) groups excluding carboxylic acids is 2. The van der Waals surface area contributed by atoms with Crippen LogP contribution in [-0.4, -0.2) is 18.4 Å². The Morgan fingerprint density at radius 3 is 2.10 bits per heavy atom. The molecule has 1 aromatic carbocycles. The van der Waals surface area contributed by atoms with Crippen LogP contribution in [0.15, 0.2) is 24.3 Å². The number of carbonyl (C=O) groups is 2. The molecule has 0 heterocycles. The Kier molecular flexibility index (Phi) is 5.94. The topological polar surface area (TPSA) is 58.2 Å². The first kappa shape index (κ1) is 17.2. The third-order valence-corrected chi connectivity index (χ3v) is 3.38.